The van der Waals surface area contributed by atoms with E-state index in [2.05, 4.69) is 13.8 Å². The molecule has 2 atom stereocenters. The number of hydrogen-bond acceptors (Lipinski definition) is 2. The molecule has 0 aromatic rings. The largest absolute Gasteiger partial charge is 0.303 e. The fraction of sp³-hybridized carbons (Fsp3) is 0.857. The van der Waals surface area contributed by atoms with Crippen LogP contribution in [-0.4, -0.2) is 12.1 Å². The average molecular weight is 226 g/mol. The predicted octanol–water partition coefficient (Wildman–Crippen LogP) is 3.78. The lowest BCUT2D eigenvalue weighted by molar-refractivity contribution is -0.130. The number of ketones is 1. The minimum Gasteiger partial charge on any atom is -0.303 e. The van der Waals surface area contributed by atoms with Crippen molar-refractivity contribution in [2.45, 2.75) is 65.7 Å². The van der Waals surface area contributed by atoms with Crippen LogP contribution in [0.5, 0.6) is 0 Å². The van der Waals surface area contributed by atoms with Crippen molar-refractivity contribution in [1.82, 2.24) is 0 Å². The van der Waals surface area contributed by atoms with E-state index in [1.807, 2.05) is 6.92 Å². The quantitative estimate of drug-likeness (QED) is 0.323. The molecule has 0 heterocycles. The Labute approximate surface area is 99.8 Å². The molecule has 2 heteroatoms. The van der Waals surface area contributed by atoms with Crippen molar-refractivity contribution < 1.29 is 9.59 Å². The topological polar surface area (TPSA) is 34.1 Å². The van der Waals surface area contributed by atoms with Crippen molar-refractivity contribution >= 4 is 12.1 Å². The van der Waals surface area contributed by atoms with Gasteiger partial charge < -0.3 is 4.79 Å². The first-order valence-corrected chi connectivity index (χ1v) is 6.66. The molecule has 0 saturated carbocycles. The maximum atomic E-state index is 11.9. The molecular weight excluding hydrogens is 200 g/mol. The van der Waals surface area contributed by atoms with Crippen LogP contribution in [0.1, 0.15) is 65.7 Å². The number of carbonyl (C=O) groups excluding carboxylic acids is 2. The molecule has 2 unspecified atom stereocenters. The van der Waals surface area contributed by atoms with Crippen molar-refractivity contribution in [1.29, 1.82) is 0 Å². The van der Waals surface area contributed by atoms with Crippen molar-refractivity contribution in [3.8, 4) is 0 Å². The summed E-state index contributed by atoms with van der Waals surface area (Å²) < 4.78 is 0. The van der Waals surface area contributed by atoms with E-state index in [-0.39, 0.29) is 17.6 Å². The van der Waals surface area contributed by atoms with E-state index in [4.69, 9.17) is 0 Å². The number of unbranched alkanes of at least 4 members (excludes halogenated alkanes) is 3. The number of Topliss-reactive ketones (excluding diaryl/α,β-unsaturated/α-hetero) is 1. The zero-order valence-corrected chi connectivity index (χ0v) is 11.0. The Morgan fingerprint density at radius 3 is 2.19 bits per heavy atom. The van der Waals surface area contributed by atoms with Crippen LogP contribution in [-0.2, 0) is 9.59 Å². The second kappa shape index (κ2) is 9.56. The van der Waals surface area contributed by atoms with Gasteiger partial charge in [-0.15, -0.1) is 0 Å². The smallest absolute Gasteiger partial charge is 0.145 e. The summed E-state index contributed by atoms with van der Waals surface area (Å²) in [4.78, 5) is 22.8. The van der Waals surface area contributed by atoms with Crippen molar-refractivity contribution in [3.63, 3.8) is 0 Å². The van der Waals surface area contributed by atoms with Gasteiger partial charge in [-0.3, -0.25) is 4.79 Å². The lowest BCUT2D eigenvalue weighted by Crippen LogP contribution is -2.23. The summed E-state index contributed by atoms with van der Waals surface area (Å²) >= 11 is 0. The van der Waals surface area contributed by atoms with Gasteiger partial charge in [-0.1, -0.05) is 52.9 Å². The maximum absolute atomic E-state index is 11.9. The standard InChI is InChI=1S/C14H26O2/c1-4-6-8-10-13(11-15)14(16)12(3)9-7-5-2/h11-13H,4-10H2,1-3H3. The van der Waals surface area contributed by atoms with Gasteiger partial charge in [0.25, 0.3) is 0 Å². The maximum Gasteiger partial charge on any atom is 0.145 e. The molecule has 0 aliphatic rings. The average Bonchev–Trinajstić information content (AvgIpc) is 2.31. The fourth-order valence-electron chi connectivity index (χ4n) is 1.91. The van der Waals surface area contributed by atoms with Gasteiger partial charge in [-0.25, -0.2) is 0 Å². The van der Waals surface area contributed by atoms with E-state index in [1.54, 1.807) is 0 Å². The van der Waals surface area contributed by atoms with Crippen LogP contribution >= 0.6 is 0 Å². The number of carbonyl (C=O) groups is 2. The zero-order valence-electron chi connectivity index (χ0n) is 11.0. The van der Waals surface area contributed by atoms with Gasteiger partial charge in [0.2, 0.25) is 0 Å². The van der Waals surface area contributed by atoms with E-state index >= 15 is 0 Å². The summed E-state index contributed by atoms with van der Waals surface area (Å²) in [6.07, 6.45) is 7.94. The van der Waals surface area contributed by atoms with Crippen LogP contribution in [0.15, 0.2) is 0 Å². The minimum absolute atomic E-state index is 0.0526. The van der Waals surface area contributed by atoms with E-state index in [1.165, 1.54) is 0 Å². The molecule has 0 aliphatic heterocycles. The second-order valence-electron chi connectivity index (χ2n) is 4.68. The molecule has 0 aromatic carbocycles. The molecule has 0 rings (SSSR count). The molecule has 0 spiro atoms. The number of hydrogen-bond donors (Lipinski definition) is 0. The molecule has 0 saturated heterocycles. The third-order valence-electron chi connectivity index (χ3n) is 3.12. The Balaban J connectivity index is 4.02. The van der Waals surface area contributed by atoms with Gasteiger partial charge >= 0.3 is 0 Å². The van der Waals surface area contributed by atoms with Crippen LogP contribution in [0.2, 0.25) is 0 Å². The van der Waals surface area contributed by atoms with Crippen LogP contribution in [0.25, 0.3) is 0 Å². The molecule has 0 N–H and O–H groups in total. The summed E-state index contributed by atoms with van der Waals surface area (Å²) in [6, 6.07) is 0. The summed E-state index contributed by atoms with van der Waals surface area (Å²) in [6.45, 7) is 6.20. The lowest BCUT2D eigenvalue weighted by atomic mass is 9.88. The van der Waals surface area contributed by atoms with Gasteiger partial charge in [-0.05, 0) is 12.8 Å². The molecule has 94 valence electrons. The summed E-state index contributed by atoms with van der Waals surface area (Å²) in [7, 11) is 0. The van der Waals surface area contributed by atoms with Crippen molar-refractivity contribution in [3.05, 3.63) is 0 Å². The molecule has 0 radical (unpaired) electrons. The van der Waals surface area contributed by atoms with Crippen LogP contribution in [0.3, 0.4) is 0 Å². The van der Waals surface area contributed by atoms with Crippen molar-refractivity contribution in [2.24, 2.45) is 11.8 Å². The predicted molar refractivity (Wildman–Crippen MR) is 67.4 cm³/mol. The van der Waals surface area contributed by atoms with Gasteiger partial charge in [0, 0.05) is 5.92 Å². The first-order valence-electron chi connectivity index (χ1n) is 6.66. The monoisotopic (exact) mass is 226 g/mol. The summed E-state index contributed by atoms with van der Waals surface area (Å²) in [5.74, 6) is -0.144. The molecule has 0 aromatic heterocycles. The van der Waals surface area contributed by atoms with Gasteiger partial charge in [-0.2, -0.15) is 0 Å². The third-order valence-corrected chi connectivity index (χ3v) is 3.12. The Bertz CT molecular complexity index is 199. The summed E-state index contributed by atoms with van der Waals surface area (Å²) in [5.41, 5.74) is 0. The molecule has 0 amide bonds. The summed E-state index contributed by atoms with van der Waals surface area (Å²) in [5, 5.41) is 0. The third kappa shape index (κ3) is 6.04. The number of rotatable bonds is 10. The van der Waals surface area contributed by atoms with Gasteiger partial charge in [0.05, 0.1) is 5.92 Å². The van der Waals surface area contributed by atoms with E-state index in [0.29, 0.717) is 0 Å². The highest BCUT2D eigenvalue weighted by molar-refractivity contribution is 5.94. The van der Waals surface area contributed by atoms with Gasteiger partial charge in [0.1, 0.15) is 12.1 Å². The molecular formula is C14H26O2. The minimum atomic E-state index is -0.349. The highest BCUT2D eigenvalue weighted by Gasteiger charge is 2.22. The van der Waals surface area contributed by atoms with Crippen molar-refractivity contribution in [2.75, 3.05) is 0 Å². The molecule has 2 nitrogen and oxygen atoms in total. The van der Waals surface area contributed by atoms with Gasteiger partial charge in [0.15, 0.2) is 0 Å². The molecule has 0 fully saturated rings. The van der Waals surface area contributed by atoms with E-state index in [9.17, 15) is 9.59 Å². The second-order valence-corrected chi connectivity index (χ2v) is 4.68. The van der Waals surface area contributed by atoms with Crippen LogP contribution in [0.4, 0.5) is 0 Å². The first kappa shape index (κ1) is 15.3. The Morgan fingerprint density at radius 1 is 1.06 bits per heavy atom. The Morgan fingerprint density at radius 2 is 1.69 bits per heavy atom. The highest BCUT2D eigenvalue weighted by atomic mass is 16.1. The van der Waals surface area contributed by atoms with Crippen LogP contribution < -0.4 is 0 Å². The normalized spacial score (nSPS) is 14.4. The SMILES string of the molecule is CCCCCC(C=O)C(=O)C(C)CCCC. The molecule has 16 heavy (non-hydrogen) atoms. The Hall–Kier alpha value is -0.660. The molecule has 0 aliphatic carbocycles. The Kier molecular flexibility index (Phi) is 9.16. The number of aldehydes is 1. The lowest BCUT2D eigenvalue weighted by Gasteiger charge is -2.14. The van der Waals surface area contributed by atoms with E-state index < -0.39 is 0 Å². The first-order chi connectivity index (χ1) is 7.67. The fourth-order valence-corrected chi connectivity index (χ4v) is 1.91. The van der Waals surface area contributed by atoms with Crippen LogP contribution in [0, 0.1) is 11.8 Å². The van der Waals surface area contributed by atoms with E-state index in [0.717, 1.165) is 51.2 Å². The molecule has 0 bridgehead atoms. The zero-order chi connectivity index (χ0) is 12.4. The highest BCUT2D eigenvalue weighted by Crippen LogP contribution is 2.17.